The molecule has 0 spiro atoms. The summed E-state index contributed by atoms with van der Waals surface area (Å²) in [5.74, 6) is 0. The third-order valence-electron chi connectivity index (χ3n) is 1.47. The van der Waals surface area contributed by atoms with Gasteiger partial charge >= 0.3 is 6.18 Å². The fourth-order valence-corrected chi connectivity index (χ4v) is 1.42. The molecule has 1 N–H and O–H groups in total. The molecular formula is C7H4Cl2F3NO. The molecule has 1 rings (SSSR count). The van der Waals surface area contributed by atoms with Crippen LogP contribution >= 0.6 is 23.2 Å². The Morgan fingerprint density at radius 3 is 2.00 bits per heavy atom. The highest BCUT2D eigenvalue weighted by molar-refractivity contribution is 6.35. The molecule has 0 aromatic carbocycles. The number of nitrogens with zero attached hydrogens (tertiary/aromatic N) is 1. The fourth-order valence-electron chi connectivity index (χ4n) is 0.846. The minimum absolute atomic E-state index is 0.317. The number of aliphatic hydroxyl groups excluding tert-OH is 1. The zero-order valence-corrected chi connectivity index (χ0v) is 8.03. The molecule has 1 aromatic heterocycles. The summed E-state index contributed by atoms with van der Waals surface area (Å²) in [6.07, 6.45) is -5.52. The third-order valence-corrected chi connectivity index (χ3v) is 2.08. The Kier molecular flexibility index (Phi) is 3.24. The van der Waals surface area contributed by atoms with Gasteiger partial charge in [0.15, 0.2) is 6.10 Å². The van der Waals surface area contributed by atoms with Gasteiger partial charge in [0, 0.05) is 18.0 Å². The molecule has 0 aliphatic heterocycles. The lowest BCUT2D eigenvalue weighted by Gasteiger charge is -2.16. The van der Waals surface area contributed by atoms with Crippen molar-refractivity contribution in [2.45, 2.75) is 12.3 Å². The van der Waals surface area contributed by atoms with Crippen molar-refractivity contribution < 1.29 is 18.3 Å². The number of alkyl halides is 3. The van der Waals surface area contributed by atoms with Crippen LogP contribution < -0.4 is 0 Å². The second kappa shape index (κ2) is 3.92. The van der Waals surface area contributed by atoms with Crippen molar-refractivity contribution in [1.82, 2.24) is 4.98 Å². The van der Waals surface area contributed by atoms with E-state index in [1.165, 1.54) is 0 Å². The predicted molar refractivity (Wildman–Crippen MR) is 45.3 cm³/mol. The molecule has 0 amide bonds. The number of hydrogen-bond acceptors (Lipinski definition) is 2. The maximum Gasteiger partial charge on any atom is 0.418 e. The van der Waals surface area contributed by atoms with E-state index in [4.69, 9.17) is 28.3 Å². The van der Waals surface area contributed by atoms with Gasteiger partial charge in [0.25, 0.3) is 0 Å². The zero-order valence-electron chi connectivity index (χ0n) is 6.52. The largest absolute Gasteiger partial charge is 0.418 e. The molecule has 1 aromatic rings. The number of aromatic nitrogens is 1. The van der Waals surface area contributed by atoms with Gasteiger partial charge in [0.05, 0.1) is 10.0 Å². The van der Waals surface area contributed by atoms with Crippen LogP contribution in [0, 0.1) is 0 Å². The van der Waals surface area contributed by atoms with E-state index in [2.05, 4.69) is 4.98 Å². The van der Waals surface area contributed by atoms with Gasteiger partial charge in [-0.2, -0.15) is 13.2 Å². The van der Waals surface area contributed by atoms with Crippen molar-refractivity contribution in [2.24, 2.45) is 0 Å². The standard InChI is InChI=1S/C7H4Cl2F3NO/c8-3-1-13-2-4(9)5(3)6(14)7(10,11)12/h1-2,6,14H/t6-/m1/s1. The minimum atomic E-state index is -4.80. The van der Waals surface area contributed by atoms with Crippen LogP contribution in [-0.4, -0.2) is 16.3 Å². The maximum absolute atomic E-state index is 12.1. The Balaban J connectivity index is 3.19. The van der Waals surface area contributed by atoms with Gasteiger partial charge in [-0.3, -0.25) is 4.98 Å². The summed E-state index contributed by atoms with van der Waals surface area (Å²) in [7, 11) is 0. The molecule has 0 saturated carbocycles. The average molecular weight is 246 g/mol. The van der Waals surface area contributed by atoms with E-state index in [9.17, 15) is 13.2 Å². The minimum Gasteiger partial charge on any atom is -0.379 e. The normalized spacial score (nSPS) is 14.1. The monoisotopic (exact) mass is 245 g/mol. The zero-order chi connectivity index (χ0) is 10.9. The average Bonchev–Trinajstić information content (AvgIpc) is 2.01. The van der Waals surface area contributed by atoms with Gasteiger partial charge in [-0.25, -0.2) is 0 Å². The van der Waals surface area contributed by atoms with Gasteiger partial charge in [-0.15, -0.1) is 0 Å². The van der Waals surface area contributed by atoms with Crippen molar-refractivity contribution in [3.05, 3.63) is 28.0 Å². The second-order valence-electron chi connectivity index (χ2n) is 2.46. The second-order valence-corrected chi connectivity index (χ2v) is 3.28. The summed E-state index contributed by atoms with van der Waals surface area (Å²) in [4.78, 5) is 3.47. The summed E-state index contributed by atoms with van der Waals surface area (Å²) in [6, 6.07) is 0. The first-order chi connectivity index (χ1) is 6.34. The van der Waals surface area contributed by atoms with E-state index >= 15 is 0 Å². The van der Waals surface area contributed by atoms with Crippen LogP contribution in [0.3, 0.4) is 0 Å². The van der Waals surface area contributed by atoms with Crippen molar-refractivity contribution in [3.63, 3.8) is 0 Å². The molecule has 14 heavy (non-hydrogen) atoms. The molecule has 7 heteroatoms. The van der Waals surface area contributed by atoms with Crippen LogP contribution in [0.2, 0.25) is 10.0 Å². The first-order valence-electron chi connectivity index (χ1n) is 3.37. The van der Waals surface area contributed by atoms with Gasteiger partial charge in [-0.1, -0.05) is 23.2 Å². The molecule has 0 unspecified atom stereocenters. The van der Waals surface area contributed by atoms with Crippen LogP contribution in [0.5, 0.6) is 0 Å². The van der Waals surface area contributed by atoms with Crippen LogP contribution in [0.4, 0.5) is 13.2 Å². The van der Waals surface area contributed by atoms with Gasteiger partial charge in [-0.05, 0) is 0 Å². The van der Waals surface area contributed by atoms with E-state index in [1.807, 2.05) is 0 Å². The lowest BCUT2D eigenvalue weighted by atomic mass is 10.1. The van der Waals surface area contributed by atoms with Crippen molar-refractivity contribution >= 4 is 23.2 Å². The SMILES string of the molecule is O[C@H](c1c(Cl)cncc1Cl)C(F)(F)F. The molecule has 0 aliphatic rings. The number of aliphatic hydroxyl groups is 1. The van der Waals surface area contributed by atoms with Crippen LogP contribution in [0.15, 0.2) is 12.4 Å². The Labute approximate surface area is 87.3 Å². The number of rotatable bonds is 1. The molecule has 0 bridgehead atoms. The van der Waals surface area contributed by atoms with E-state index in [-0.39, 0.29) is 10.0 Å². The summed E-state index contributed by atoms with van der Waals surface area (Å²) in [5.41, 5.74) is -0.573. The van der Waals surface area contributed by atoms with Gasteiger partial charge in [0.2, 0.25) is 0 Å². The molecule has 0 saturated heterocycles. The summed E-state index contributed by atoms with van der Waals surface area (Å²) in [6.45, 7) is 0. The Morgan fingerprint density at radius 2 is 1.64 bits per heavy atom. The maximum atomic E-state index is 12.1. The van der Waals surface area contributed by atoms with E-state index in [0.717, 1.165) is 12.4 Å². The van der Waals surface area contributed by atoms with Crippen LogP contribution in [0.25, 0.3) is 0 Å². The highest BCUT2D eigenvalue weighted by Gasteiger charge is 2.41. The molecule has 1 heterocycles. The van der Waals surface area contributed by atoms with E-state index in [1.54, 1.807) is 0 Å². The summed E-state index contributed by atoms with van der Waals surface area (Å²) in [5, 5.41) is 8.26. The molecule has 2 nitrogen and oxygen atoms in total. The van der Waals surface area contributed by atoms with Gasteiger partial charge in [0.1, 0.15) is 0 Å². The number of hydrogen-bond donors (Lipinski definition) is 1. The first-order valence-corrected chi connectivity index (χ1v) is 4.13. The van der Waals surface area contributed by atoms with Crippen molar-refractivity contribution in [1.29, 1.82) is 0 Å². The van der Waals surface area contributed by atoms with E-state index < -0.39 is 17.8 Å². The molecule has 0 fully saturated rings. The Morgan fingerprint density at radius 1 is 1.21 bits per heavy atom. The molecule has 78 valence electrons. The lowest BCUT2D eigenvalue weighted by molar-refractivity contribution is -0.206. The number of halogens is 5. The smallest absolute Gasteiger partial charge is 0.379 e. The summed E-state index contributed by atoms with van der Waals surface area (Å²) >= 11 is 10.8. The van der Waals surface area contributed by atoms with Crippen LogP contribution in [-0.2, 0) is 0 Å². The van der Waals surface area contributed by atoms with Crippen molar-refractivity contribution in [2.75, 3.05) is 0 Å². The molecule has 1 atom stereocenters. The van der Waals surface area contributed by atoms with E-state index in [0.29, 0.717) is 0 Å². The quantitative estimate of drug-likeness (QED) is 0.826. The highest BCUT2D eigenvalue weighted by Crippen LogP contribution is 2.38. The predicted octanol–water partition coefficient (Wildman–Crippen LogP) is 2.98. The van der Waals surface area contributed by atoms with Crippen LogP contribution in [0.1, 0.15) is 11.7 Å². The molecular weight excluding hydrogens is 242 g/mol. The van der Waals surface area contributed by atoms with Crippen molar-refractivity contribution in [3.8, 4) is 0 Å². The third kappa shape index (κ3) is 2.29. The summed E-state index contributed by atoms with van der Waals surface area (Å²) < 4.78 is 36.3. The number of pyridine rings is 1. The molecule has 0 radical (unpaired) electrons. The van der Waals surface area contributed by atoms with Gasteiger partial charge < -0.3 is 5.11 Å². The molecule has 0 aliphatic carbocycles. The Hall–Kier alpha value is -0.520. The first kappa shape index (κ1) is 11.6. The topological polar surface area (TPSA) is 33.1 Å². The highest BCUT2D eigenvalue weighted by atomic mass is 35.5. The fraction of sp³-hybridized carbons (Fsp3) is 0.286. The Bertz CT molecular complexity index is 322. The lowest BCUT2D eigenvalue weighted by Crippen LogP contribution is -2.21.